The summed E-state index contributed by atoms with van der Waals surface area (Å²) in [7, 11) is 0. The number of piperazine rings is 1. The Bertz CT molecular complexity index is 1390. The summed E-state index contributed by atoms with van der Waals surface area (Å²) < 4.78 is 4.04. The number of aromatic nitrogens is 4. The molecule has 2 N–H and O–H groups in total. The summed E-state index contributed by atoms with van der Waals surface area (Å²) in [5, 5.41) is 13.2. The predicted octanol–water partition coefficient (Wildman–Crippen LogP) is 1.49. The Balaban J connectivity index is 0.00000361. The van der Waals surface area contributed by atoms with Gasteiger partial charge in [0.25, 0.3) is 5.56 Å². The second kappa shape index (κ2) is 11.9. The summed E-state index contributed by atoms with van der Waals surface area (Å²) in [5.74, 6) is 5.25. The number of hydrogen-bond acceptors (Lipinski definition) is 6. The van der Waals surface area contributed by atoms with Crippen LogP contribution in [0.4, 0.5) is 5.95 Å². The highest BCUT2D eigenvalue weighted by molar-refractivity contribution is 5.85. The van der Waals surface area contributed by atoms with Crippen LogP contribution in [0.3, 0.4) is 0 Å². The number of aliphatic carboxylic acids is 1. The standard InChI is InChI=1S/C25H30N6O4.ClH/c1-3-5-14-29-20-21(27-24(29)28-16-12-26-13-17-28)31(19(4-2)23(33)34)25(35)30(22(20)32)15-11-18-9-7-6-8-10-18;/h6-10,19,26H,4,11-17H2,1-2H3,(H,33,34);1H. The van der Waals surface area contributed by atoms with E-state index in [0.29, 0.717) is 25.5 Å². The van der Waals surface area contributed by atoms with Gasteiger partial charge in [-0.05, 0) is 25.3 Å². The fourth-order valence-electron chi connectivity index (χ4n) is 4.49. The largest absolute Gasteiger partial charge is 0.480 e. The number of imidazole rings is 1. The van der Waals surface area contributed by atoms with Crippen LogP contribution in [0.1, 0.15) is 31.9 Å². The van der Waals surface area contributed by atoms with Crippen LogP contribution in [-0.2, 0) is 24.3 Å². The van der Waals surface area contributed by atoms with Gasteiger partial charge in [-0.3, -0.25) is 18.5 Å². The summed E-state index contributed by atoms with van der Waals surface area (Å²) in [6.07, 6.45) is 0.630. The van der Waals surface area contributed by atoms with Gasteiger partial charge in [0, 0.05) is 32.7 Å². The Morgan fingerprint density at radius 1 is 1.17 bits per heavy atom. The Morgan fingerprint density at radius 3 is 2.47 bits per heavy atom. The monoisotopic (exact) mass is 514 g/mol. The lowest BCUT2D eigenvalue weighted by atomic mass is 10.1. The molecule has 0 aliphatic carbocycles. The molecule has 2 aromatic heterocycles. The number of carboxylic acids is 1. The van der Waals surface area contributed by atoms with Crippen molar-refractivity contribution < 1.29 is 9.90 Å². The maximum absolute atomic E-state index is 13.7. The number of hydrogen-bond donors (Lipinski definition) is 2. The van der Waals surface area contributed by atoms with Gasteiger partial charge in [-0.1, -0.05) is 43.2 Å². The van der Waals surface area contributed by atoms with Crippen LogP contribution in [-0.4, -0.2) is 55.9 Å². The Morgan fingerprint density at radius 2 is 1.86 bits per heavy atom. The number of halogens is 1. The van der Waals surface area contributed by atoms with Gasteiger partial charge >= 0.3 is 11.7 Å². The smallest absolute Gasteiger partial charge is 0.333 e. The molecule has 0 spiro atoms. The van der Waals surface area contributed by atoms with Crippen molar-refractivity contribution in [2.75, 3.05) is 31.1 Å². The lowest BCUT2D eigenvalue weighted by Gasteiger charge is -2.28. The number of carbonyl (C=O) groups is 1. The van der Waals surface area contributed by atoms with Gasteiger partial charge in [-0.15, -0.1) is 18.3 Å². The van der Waals surface area contributed by atoms with Gasteiger partial charge in [0.1, 0.15) is 6.04 Å². The third kappa shape index (κ3) is 5.17. The van der Waals surface area contributed by atoms with Gasteiger partial charge < -0.3 is 15.3 Å². The van der Waals surface area contributed by atoms with E-state index in [-0.39, 0.29) is 43.1 Å². The topological polar surface area (TPSA) is 114 Å². The van der Waals surface area contributed by atoms with Crippen molar-refractivity contribution in [3.63, 3.8) is 0 Å². The first-order chi connectivity index (χ1) is 17.0. The van der Waals surface area contributed by atoms with E-state index in [1.165, 1.54) is 4.57 Å². The van der Waals surface area contributed by atoms with Crippen molar-refractivity contribution in [1.29, 1.82) is 0 Å². The highest BCUT2D eigenvalue weighted by atomic mass is 35.5. The highest BCUT2D eigenvalue weighted by Gasteiger charge is 2.29. The van der Waals surface area contributed by atoms with E-state index in [9.17, 15) is 19.5 Å². The predicted molar refractivity (Wildman–Crippen MR) is 141 cm³/mol. The Labute approximate surface area is 215 Å². The van der Waals surface area contributed by atoms with Crippen LogP contribution in [0.2, 0.25) is 0 Å². The zero-order chi connectivity index (χ0) is 24.9. The van der Waals surface area contributed by atoms with Crippen LogP contribution in [0.25, 0.3) is 11.2 Å². The van der Waals surface area contributed by atoms with Gasteiger partial charge in [0.15, 0.2) is 11.2 Å². The van der Waals surface area contributed by atoms with Crippen LogP contribution in [0.5, 0.6) is 0 Å². The molecule has 3 heterocycles. The number of nitrogens with zero attached hydrogens (tertiary/aromatic N) is 5. The summed E-state index contributed by atoms with van der Waals surface area (Å²) >= 11 is 0. The summed E-state index contributed by atoms with van der Waals surface area (Å²) in [6, 6.07) is 8.41. The third-order valence-corrected chi connectivity index (χ3v) is 6.31. The molecular weight excluding hydrogens is 484 g/mol. The molecule has 1 saturated heterocycles. The second-order valence-corrected chi connectivity index (χ2v) is 8.44. The van der Waals surface area contributed by atoms with E-state index in [1.54, 1.807) is 18.4 Å². The fraction of sp³-hybridized carbons (Fsp3) is 0.440. The molecule has 0 saturated carbocycles. The van der Waals surface area contributed by atoms with Crippen molar-refractivity contribution in [2.45, 2.75) is 45.8 Å². The number of fused-ring (bicyclic) bond motifs is 1. The molecule has 10 nitrogen and oxygen atoms in total. The van der Waals surface area contributed by atoms with Crippen LogP contribution >= 0.6 is 12.4 Å². The SMILES string of the molecule is CC#CCn1c(N2CCNCC2)nc2c1c(=O)n(CCc1ccccc1)c(=O)n2C(CC)C(=O)O.Cl. The van der Waals surface area contributed by atoms with Crippen molar-refractivity contribution in [3.8, 4) is 11.8 Å². The van der Waals surface area contributed by atoms with Gasteiger partial charge in [0.05, 0.1) is 6.54 Å². The minimum absolute atomic E-state index is 0. The number of nitrogens with one attached hydrogen (secondary N) is 1. The molecule has 1 fully saturated rings. The minimum atomic E-state index is -1.15. The zero-order valence-electron chi connectivity index (χ0n) is 20.4. The number of aryl methyl sites for hydroxylation is 1. The quantitative estimate of drug-likeness (QED) is 0.438. The molecule has 1 aliphatic heterocycles. The van der Waals surface area contributed by atoms with Crippen LogP contribution in [0, 0.1) is 11.8 Å². The number of rotatable bonds is 8. The van der Waals surface area contributed by atoms with Crippen molar-refractivity contribution in [3.05, 3.63) is 56.7 Å². The van der Waals surface area contributed by atoms with Crippen molar-refractivity contribution in [1.82, 2.24) is 24.0 Å². The van der Waals surface area contributed by atoms with E-state index in [2.05, 4.69) is 17.2 Å². The average Bonchev–Trinajstić information content (AvgIpc) is 3.25. The van der Waals surface area contributed by atoms with E-state index >= 15 is 0 Å². The summed E-state index contributed by atoms with van der Waals surface area (Å²) in [6.45, 7) is 6.61. The fourth-order valence-corrected chi connectivity index (χ4v) is 4.49. The first-order valence-electron chi connectivity index (χ1n) is 11.9. The second-order valence-electron chi connectivity index (χ2n) is 8.44. The summed E-state index contributed by atoms with van der Waals surface area (Å²) in [5.41, 5.74) is 0.128. The molecule has 1 atom stereocenters. The molecule has 4 rings (SSSR count). The molecule has 36 heavy (non-hydrogen) atoms. The average molecular weight is 515 g/mol. The molecule has 1 unspecified atom stereocenters. The maximum atomic E-state index is 13.7. The lowest BCUT2D eigenvalue weighted by molar-refractivity contribution is -0.141. The molecule has 192 valence electrons. The van der Waals surface area contributed by atoms with Gasteiger partial charge in [-0.25, -0.2) is 9.59 Å². The van der Waals surface area contributed by atoms with Crippen molar-refractivity contribution in [2.24, 2.45) is 0 Å². The number of carboxylic acid groups (broad SMARTS) is 1. The van der Waals surface area contributed by atoms with E-state index in [4.69, 9.17) is 4.98 Å². The third-order valence-electron chi connectivity index (χ3n) is 6.31. The first-order valence-corrected chi connectivity index (χ1v) is 11.9. The van der Waals surface area contributed by atoms with Gasteiger partial charge in [0.2, 0.25) is 5.95 Å². The lowest BCUT2D eigenvalue weighted by Crippen LogP contribution is -2.44. The van der Waals surface area contributed by atoms with E-state index < -0.39 is 23.3 Å². The van der Waals surface area contributed by atoms with Crippen LogP contribution in [0.15, 0.2) is 39.9 Å². The van der Waals surface area contributed by atoms with E-state index in [0.717, 1.165) is 23.2 Å². The minimum Gasteiger partial charge on any atom is -0.480 e. The molecule has 0 radical (unpaired) electrons. The summed E-state index contributed by atoms with van der Waals surface area (Å²) in [4.78, 5) is 46.2. The van der Waals surface area contributed by atoms with Crippen molar-refractivity contribution >= 4 is 35.5 Å². The Hall–Kier alpha value is -3.55. The maximum Gasteiger partial charge on any atom is 0.333 e. The highest BCUT2D eigenvalue weighted by Crippen LogP contribution is 2.23. The zero-order valence-corrected chi connectivity index (χ0v) is 21.3. The Kier molecular flexibility index (Phi) is 8.96. The van der Waals surface area contributed by atoms with Crippen LogP contribution < -0.4 is 21.5 Å². The van der Waals surface area contributed by atoms with Gasteiger partial charge in [-0.2, -0.15) is 4.98 Å². The molecule has 1 aliphatic rings. The first kappa shape index (κ1) is 27.0. The normalized spacial score (nSPS) is 14.1. The molecule has 0 amide bonds. The molecule has 0 bridgehead atoms. The van der Waals surface area contributed by atoms with E-state index in [1.807, 2.05) is 35.2 Å². The number of anilines is 1. The molecule has 11 heteroatoms. The number of benzene rings is 1. The molecule has 1 aromatic carbocycles. The molecular formula is C25H31ClN6O4. The molecule has 3 aromatic rings.